The zero-order valence-corrected chi connectivity index (χ0v) is 11.0. The number of anilines is 1. The first kappa shape index (κ1) is 14.0. The molecule has 6 heteroatoms. The van der Waals surface area contributed by atoms with Gasteiger partial charge in [-0.2, -0.15) is 0 Å². The molecule has 0 spiro atoms. The summed E-state index contributed by atoms with van der Waals surface area (Å²) in [5.41, 5.74) is 6.50. The van der Waals surface area contributed by atoms with Crippen LogP contribution in [0.5, 0.6) is 0 Å². The molecule has 0 saturated heterocycles. The summed E-state index contributed by atoms with van der Waals surface area (Å²) < 4.78 is 25.3. The fraction of sp³-hybridized carbons (Fsp3) is 0.455. The first-order valence-corrected chi connectivity index (χ1v) is 7.02. The monoisotopic (exact) mass is 257 g/mol. The van der Waals surface area contributed by atoms with Crippen molar-refractivity contribution in [2.45, 2.75) is 11.8 Å². The number of rotatable bonds is 6. The molecule has 5 nitrogen and oxygen atoms in total. The maximum absolute atomic E-state index is 11.5. The fourth-order valence-corrected chi connectivity index (χ4v) is 2.31. The molecule has 0 aliphatic carbocycles. The number of nitrogens with two attached hydrogens (primary N) is 1. The maximum Gasteiger partial charge on any atom is 0.240 e. The van der Waals surface area contributed by atoms with Gasteiger partial charge in [-0.3, -0.25) is 0 Å². The molecule has 0 aromatic heterocycles. The summed E-state index contributed by atoms with van der Waals surface area (Å²) in [7, 11) is -1.95. The molecule has 0 aliphatic rings. The van der Waals surface area contributed by atoms with Gasteiger partial charge < -0.3 is 10.6 Å². The molecule has 3 N–H and O–H groups in total. The second-order valence-electron chi connectivity index (χ2n) is 3.57. The van der Waals surface area contributed by atoms with E-state index < -0.39 is 10.0 Å². The molecule has 0 unspecified atom stereocenters. The molecule has 0 aliphatic heterocycles. The quantitative estimate of drug-likeness (QED) is 0.772. The average Bonchev–Trinajstić information content (AvgIpc) is 2.36. The lowest BCUT2D eigenvalue weighted by Gasteiger charge is -2.22. The van der Waals surface area contributed by atoms with E-state index in [4.69, 9.17) is 5.73 Å². The highest BCUT2D eigenvalue weighted by Gasteiger charge is 2.11. The van der Waals surface area contributed by atoms with E-state index in [1.54, 1.807) is 24.3 Å². The highest BCUT2D eigenvalue weighted by atomic mass is 32.2. The highest BCUT2D eigenvalue weighted by molar-refractivity contribution is 7.89. The molecule has 0 atom stereocenters. The van der Waals surface area contributed by atoms with Crippen LogP contribution in [0, 0.1) is 0 Å². The van der Waals surface area contributed by atoms with Crippen molar-refractivity contribution in [2.24, 2.45) is 5.73 Å². The molecule has 0 heterocycles. The number of nitrogens with zero attached hydrogens (tertiary/aromatic N) is 1. The molecule has 0 amide bonds. The molecule has 0 bridgehead atoms. The Balaban J connectivity index is 2.95. The van der Waals surface area contributed by atoms with Gasteiger partial charge in [-0.25, -0.2) is 13.1 Å². The van der Waals surface area contributed by atoms with E-state index in [0.29, 0.717) is 6.54 Å². The number of likely N-dealkylation sites (N-methyl/N-ethyl adjacent to an activating group) is 1. The van der Waals surface area contributed by atoms with Gasteiger partial charge in [-0.05, 0) is 38.2 Å². The molecule has 96 valence electrons. The largest absolute Gasteiger partial charge is 0.371 e. The van der Waals surface area contributed by atoms with E-state index in [1.165, 1.54) is 7.05 Å². The lowest BCUT2D eigenvalue weighted by molar-refractivity contribution is 0.588. The zero-order chi connectivity index (χ0) is 12.9. The van der Waals surface area contributed by atoms with E-state index >= 15 is 0 Å². The van der Waals surface area contributed by atoms with Gasteiger partial charge in [0.25, 0.3) is 0 Å². The van der Waals surface area contributed by atoms with Crippen molar-refractivity contribution in [2.75, 3.05) is 31.6 Å². The highest BCUT2D eigenvalue weighted by Crippen LogP contribution is 2.17. The summed E-state index contributed by atoms with van der Waals surface area (Å²) in [6, 6.07) is 6.79. The van der Waals surface area contributed by atoms with Crippen molar-refractivity contribution in [1.29, 1.82) is 0 Å². The molecule has 0 radical (unpaired) electrons. The summed E-state index contributed by atoms with van der Waals surface area (Å²) >= 11 is 0. The van der Waals surface area contributed by atoms with Crippen molar-refractivity contribution < 1.29 is 8.42 Å². The molecule has 0 saturated carbocycles. The van der Waals surface area contributed by atoms with E-state index in [-0.39, 0.29) is 4.90 Å². The molecule has 1 rings (SSSR count). The minimum Gasteiger partial charge on any atom is -0.371 e. The Bertz CT molecular complexity index is 442. The topological polar surface area (TPSA) is 75.4 Å². The molecule has 17 heavy (non-hydrogen) atoms. The first-order valence-electron chi connectivity index (χ1n) is 5.53. The van der Waals surface area contributed by atoms with E-state index in [9.17, 15) is 8.42 Å². The van der Waals surface area contributed by atoms with Gasteiger partial charge in [-0.1, -0.05) is 0 Å². The number of sulfonamides is 1. The first-order chi connectivity index (χ1) is 8.05. The van der Waals surface area contributed by atoms with Crippen molar-refractivity contribution in [3.63, 3.8) is 0 Å². The van der Waals surface area contributed by atoms with Crippen LogP contribution in [0.3, 0.4) is 0 Å². The Labute approximate surface area is 103 Å². The van der Waals surface area contributed by atoms with Gasteiger partial charge in [0, 0.05) is 25.3 Å². The van der Waals surface area contributed by atoms with Crippen LogP contribution >= 0.6 is 0 Å². The number of nitrogens with one attached hydrogen (secondary N) is 1. The third-order valence-corrected chi connectivity index (χ3v) is 3.99. The van der Waals surface area contributed by atoms with Crippen LogP contribution in [0.4, 0.5) is 5.69 Å². The zero-order valence-electron chi connectivity index (χ0n) is 10.2. The third kappa shape index (κ3) is 3.42. The predicted octanol–water partition coefficient (Wildman–Crippen LogP) is 0.380. The molecule has 0 fully saturated rings. The second-order valence-corrected chi connectivity index (χ2v) is 5.46. The smallest absolute Gasteiger partial charge is 0.240 e. The Morgan fingerprint density at radius 3 is 2.29 bits per heavy atom. The van der Waals surface area contributed by atoms with Gasteiger partial charge >= 0.3 is 0 Å². The number of benzene rings is 1. The normalized spacial score (nSPS) is 11.5. The van der Waals surface area contributed by atoms with Crippen LogP contribution in [0.15, 0.2) is 29.2 Å². The van der Waals surface area contributed by atoms with Crippen molar-refractivity contribution in [3.05, 3.63) is 24.3 Å². The van der Waals surface area contributed by atoms with Crippen LogP contribution in [-0.4, -0.2) is 35.1 Å². The minimum absolute atomic E-state index is 0.271. The summed E-state index contributed by atoms with van der Waals surface area (Å²) in [5, 5.41) is 0. The molecule has 1 aromatic rings. The van der Waals surface area contributed by atoms with E-state index in [1.807, 2.05) is 6.92 Å². The lowest BCUT2D eigenvalue weighted by Crippen LogP contribution is -2.29. The fourth-order valence-electron chi connectivity index (χ4n) is 1.58. The minimum atomic E-state index is -3.35. The number of hydrogen-bond acceptors (Lipinski definition) is 4. The summed E-state index contributed by atoms with van der Waals surface area (Å²) in [5.74, 6) is 0. The van der Waals surface area contributed by atoms with Gasteiger partial charge in [0.2, 0.25) is 10.0 Å². The standard InChI is InChI=1S/C11H19N3O2S/c1-3-14(9-8-12)10-4-6-11(7-5-10)17(15,16)13-2/h4-7,13H,3,8-9,12H2,1-2H3. The van der Waals surface area contributed by atoms with E-state index in [0.717, 1.165) is 18.8 Å². The van der Waals surface area contributed by atoms with Crippen molar-refractivity contribution >= 4 is 15.7 Å². The average molecular weight is 257 g/mol. The summed E-state index contributed by atoms with van der Waals surface area (Å²) in [6.07, 6.45) is 0. The maximum atomic E-state index is 11.5. The van der Waals surface area contributed by atoms with Crippen LogP contribution < -0.4 is 15.4 Å². The Morgan fingerprint density at radius 2 is 1.88 bits per heavy atom. The van der Waals surface area contributed by atoms with Gasteiger partial charge in [0.15, 0.2) is 0 Å². The Hall–Kier alpha value is -1.11. The molecular formula is C11H19N3O2S. The van der Waals surface area contributed by atoms with E-state index in [2.05, 4.69) is 9.62 Å². The van der Waals surface area contributed by atoms with Gasteiger partial charge in [0.1, 0.15) is 0 Å². The summed E-state index contributed by atoms with van der Waals surface area (Å²) in [6.45, 7) is 4.21. The van der Waals surface area contributed by atoms with Crippen molar-refractivity contribution in [3.8, 4) is 0 Å². The summed E-state index contributed by atoms with van der Waals surface area (Å²) in [4.78, 5) is 2.36. The van der Waals surface area contributed by atoms with Crippen LogP contribution in [0.25, 0.3) is 0 Å². The second kappa shape index (κ2) is 6.00. The molecular weight excluding hydrogens is 238 g/mol. The molecule has 1 aromatic carbocycles. The van der Waals surface area contributed by atoms with Crippen LogP contribution in [0.2, 0.25) is 0 Å². The van der Waals surface area contributed by atoms with Crippen LogP contribution in [-0.2, 0) is 10.0 Å². The van der Waals surface area contributed by atoms with Crippen LogP contribution in [0.1, 0.15) is 6.92 Å². The van der Waals surface area contributed by atoms with Gasteiger partial charge in [0.05, 0.1) is 4.90 Å². The Kier molecular flexibility index (Phi) is 4.92. The third-order valence-electron chi connectivity index (χ3n) is 2.56. The van der Waals surface area contributed by atoms with Gasteiger partial charge in [-0.15, -0.1) is 0 Å². The lowest BCUT2D eigenvalue weighted by atomic mass is 10.3. The SMILES string of the molecule is CCN(CCN)c1ccc(S(=O)(=O)NC)cc1. The predicted molar refractivity (Wildman–Crippen MR) is 69.6 cm³/mol. The Morgan fingerprint density at radius 1 is 1.29 bits per heavy atom. The number of hydrogen-bond donors (Lipinski definition) is 2. The van der Waals surface area contributed by atoms with Crippen molar-refractivity contribution in [1.82, 2.24) is 4.72 Å².